The Balaban J connectivity index is 2.93. The van der Waals surface area contributed by atoms with Crippen LogP contribution in [-0.4, -0.2) is 24.7 Å². The summed E-state index contributed by atoms with van der Waals surface area (Å²) in [4.78, 5) is 22.9. The van der Waals surface area contributed by atoms with Gasteiger partial charge in [0.15, 0.2) is 0 Å². The van der Waals surface area contributed by atoms with Crippen molar-refractivity contribution in [3.8, 4) is 5.75 Å². The number of Topliss-reactive ketones (excluding diaryl/α,β-unsaturated/α-hetero) is 1. The number of alkyl halides is 1. The molecule has 0 radical (unpaired) electrons. The van der Waals surface area contributed by atoms with Gasteiger partial charge in [0, 0.05) is 37.3 Å². The molecule has 0 aliphatic carbocycles. The molecule has 1 rings (SSSR count). The van der Waals surface area contributed by atoms with Crippen LogP contribution in [0.5, 0.6) is 5.75 Å². The second kappa shape index (κ2) is 8.12. The van der Waals surface area contributed by atoms with Crippen molar-refractivity contribution < 1.29 is 14.3 Å². The van der Waals surface area contributed by atoms with Crippen molar-refractivity contribution in [3.63, 3.8) is 0 Å². The van der Waals surface area contributed by atoms with Gasteiger partial charge in [-0.1, -0.05) is 11.6 Å². The zero-order valence-electron chi connectivity index (χ0n) is 11.5. The van der Waals surface area contributed by atoms with Crippen LogP contribution in [0, 0.1) is 0 Å². The van der Waals surface area contributed by atoms with Crippen molar-refractivity contribution in [3.05, 3.63) is 22.7 Å². The molecule has 20 heavy (non-hydrogen) atoms. The second-order valence-corrected chi connectivity index (χ2v) is 5.12. The van der Waals surface area contributed by atoms with Gasteiger partial charge in [0.25, 0.3) is 0 Å². The number of amides is 1. The highest BCUT2D eigenvalue weighted by molar-refractivity contribution is 6.33. The summed E-state index contributed by atoms with van der Waals surface area (Å²) >= 11 is 11.7. The van der Waals surface area contributed by atoms with Crippen LogP contribution in [0.3, 0.4) is 0 Å². The summed E-state index contributed by atoms with van der Waals surface area (Å²) < 4.78 is 5.24. The first-order valence-electron chi connectivity index (χ1n) is 6.19. The van der Waals surface area contributed by atoms with E-state index in [1.54, 1.807) is 12.1 Å². The van der Waals surface area contributed by atoms with E-state index in [1.807, 2.05) is 0 Å². The van der Waals surface area contributed by atoms with E-state index in [0.29, 0.717) is 40.7 Å². The molecule has 0 aliphatic rings. The topological polar surface area (TPSA) is 55.4 Å². The van der Waals surface area contributed by atoms with Crippen LogP contribution in [0.4, 0.5) is 5.69 Å². The number of rotatable bonds is 7. The van der Waals surface area contributed by atoms with Crippen LogP contribution in [0.25, 0.3) is 0 Å². The molecule has 1 aromatic rings. The van der Waals surface area contributed by atoms with Gasteiger partial charge in [-0.05, 0) is 12.5 Å². The summed E-state index contributed by atoms with van der Waals surface area (Å²) in [6.07, 6.45) is 1.32. The number of hydrogen-bond acceptors (Lipinski definition) is 3. The lowest BCUT2D eigenvalue weighted by atomic mass is 10.0. The number of nitrogens with one attached hydrogen (secondary N) is 1. The molecule has 0 fully saturated rings. The third-order valence-electron chi connectivity index (χ3n) is 2.66. The Morgan fingerprint density at radius 3 is 2.60 bits per heavy atom. The van der Waals surface area contributed by atoms with E-state index in [0.717, 1.165) is 0 Å². The molecular weight excluding hydrogens is 301 g/mol. The predicted octanol–water partition coefficient (Wildman–Crippen LogP) is 3.44. The van der Waals surface area contributed by atoms with Gasteiger partial charge in [-0.3, -0.25) is 9.59 Å². The maximum atomic E-state index is 11.8. The van der Waals surface area contributed by atoms with Crippen LogP contribution >= 0.6 is 23.2 Å². The Hall–Kier alpha value is -1.26. The smallest absolute Gasteiger partial charge is 0.221 e. The number of anilines is 1. The summed E-state index contributed by atoms with van der Waals surface area (Å²) in [6.45, 7) is 1.40. The summed E-state index contributed by atoms with van der Waals surface area (Å²) in [5.74, 6) is 0.843. The van der Waals surface area contributed by atoms with E-state index in [1.165, 1.54) is 14.0 Å². The molecule has 110 valence electrons. The highest BCUT2D eigenvalue weighted by Crippen LogP contribution is 2.31. The average molecular weight is 318 g/mol. The largest absolute Gasteiger partial charge is 0.496 e. The molecule has 0 saturated carbocycles. The van der Waals surface area contributed by atoms with Crippen LogP contribution < -0.4 is 10.1 Å². The average Bonchev–Trinajstić information content (AvgIpc) is 2.39. The molecule has 1 N–H and O–H groups in total. The van der Waals surface area contributed by atoms with Gasteiger partial charge in [-0.25, -0.2) is 0 Å². The molecule has 0 spiro atoms. The van der Waals surface area contributed by atoms with E-state index in [2.05, 4.69) is 5.32 Å². The normalized spacial score (nSPS) is 10.2. The van der Waals surface area contributed by atoms with Crippen molar-refractivity contribution in [1.29, 1.82) is 0 Å². The Kier molecular flexibility index (Phi) is 6.82. The van der Waals surface area contributed by atoms with Crippen LogP contribution in [-0.2, 0) is 16.0 Å². The molecule has 1 aromatic carbocycles. The van der Waals surface area contributed by atoms with Crippen LogP contribution in [0.15, 0.2) is 12.1 Å². The lowest BCUT2D eigenvalue weighted by Gasteiger charge is -2.12. The van der Waals surface area contributed by atoms with Crippen molar-refractivity contribution in [2.75, 3.05) is 18.3 Å². The number of benzene rings is 1. The number of carbonyl (C=O) groups excluding carboxylic acids is 2. The van der Waals surface area contributed by atoms with Gasteiger partial charge in [0.05, 0.1) is 17.8 Å². The molecule has 0 heterocycles. The third-order valence-corrected chi connectivity index (χ3v) is 3.24. The molecule has 0 aromatic heterocycles. The Morgan fingerprint density at radius 2 is 2.05 bits per heavy atom. The number of methoxy groups -OCH3 is 1. The Labute approximate surface area is 128 Å². The number of carbonyl (C=O) groups is 2. The van der Waals surface area contributed by atoms with Gasteiger partial charge < -0.3 is 10.1 Å². The summed E-state index contributed by atoms with van der Waals surface area (Å²) in [5.41, 5.74) is 1.17. The monoisotopic (exact) mass is 317 g/mol. The fourth-order valence-electron chi connectivity index (χ4n) is 1.77. The molecule has 0 saturated heterocycles. The number of hydrogen-bond donors (Lipinski definition) is 1. The van der Waals surface area contributed by atoms with Gasteiger partial charge in [0.2, 0.25) is 5.91 Å². The molecule has 0 bridgehead atoms. The van der Waals surface area contributed by atoms with E-state index in [4.69, 9.17) is 27.9 Å². The maximum Gasteiger partial charge on any atom is 0.221 e. The first-order valence-corrected chi connectivity index (χ1v) is 7.10. The summed E-state index contributed by atoms with van der Waals surface area (Å²) in [5, 5.41) is 2.99. The first-order chi connectivity index (χ1) is 9.47. The highest BCUT2D eigenvalue weighted by Gasteiger charge is 2.13. The molecule has 4 nitrogen and oxygen atoms in total. The summed E-state index contributed by atoms with van der Waals surface area (Å²) in [6, 6.07) is 3.26. The Morgan fingerprint density at radius 1 is 1.35 bits per heavy atom. The number of ketones is 1. The van der Waals surface area contributed by atoms with E-state index in [-0.39, 0.29) is 18.1 Å². The second-order valence-electron chi connectivity index (χ2n) is 4.33. The molecule has 0 unspecified atom stereocenters. The van der Waals surface area contributed by atoms with Crippen molar-refractivity contribution in [1.82, 2.24) is 0 Å². The number of ether oxygens (including phenoxy) is 1. The van der Waals surface area contributed by atoms with Gasteiger partial charge in [0.1, 0.15) is 11.5 Å². The SMILES string of the molecule is COc1cc(NC(C)=O)c(Cl)cc1CC(=O)CCCCl. The third kappa shape index (κ3) is 5.02. The zero-order chi connectivity index (χ0) is 15.1. The highest BCUT2D eigenvalue weighted by atomic mass is 35.5. The number of halogens is 2. The standard InChI is InChI=1S/C14H17Cl2NO3/c1-9(18)17-13-8-14(20-2)10(7-12(13)16)6-11(19)4-3-5-15/h7-8H,3-6H2,1-2H3,(H,17,18). The predicted molar refractivity (Wildman–Crippen MR) is 81.0 cm³/mol. The van der Waals surface area contributed by atoms with Crippen molar-refractivity contribution in [2.45, 2.75) is 26.2 Å². The summed E-state index contributed by atoms with van der Waals surface area (Å²) in [7, 11) is 1.51. The van der Waals surface area contributed by atoms with E-state index < -0.39 is 0 Å². The van der Waals surface area contributed by atoms with Gasteiger partial charge in [-0.2, -0.15) is 0 Å². The lowest BCUT2D eigenvalue weighted by molar-refractivity contribution is -0.118. The van der Waals surface area contributed by atoms with E-state index in [9.17, 15) is 9.59 Å². The lowest BCUT2D eigenvalue weighted by Crippen LogP contribution is -2.08. The molecule has 0 atom stereocenters. The maximum absolute atomic E-state index is 11.8. The van der Waals surface area contributed by atoms with Crippen molar-refractivity contribution in [2.24, 2.45) is 0 Å². The fraction of sp³-hybridized carbons (Fsp3) is 0.429. The van der Waals surface area contributed by atoms with Gasteiger partial charge >= 0.3 is 0 Å². The molecule has 6 heteroatoms. The molecular formula is C14H17Cl2NO3. The quantitative estimate of drug-likeness (QED) is 0.784. The van der Waals surface area contributed by atoms with Gasteiger partial charge in [-0.15, -0.1) is 11.6 Å². The minimum absolute atomic E-state index is 0.0762. The fourth-order valence-corrected chi connectivity index (χ4v) is 2.14. The minimum atomic E-state index is -0.222. The minimum Gasteiger partial charge on any atom is -0.496 e. The van der Waals surface area contributed by atoms with Crippen molar-refractivity contribution >= 4 is 40.6 Å². The van der Waals surface area contributed by atoms with Crippen LogP contribution in [0.2, 0.25) is 5.02 Å². The molecule has 0 aliphatic heterocycles. The van der Waals surface area contributed by atoms with Crippen LogP contribution in [0.1, 0.15) is 25.3 Å². The zero-order valence-corrected chi connectivity index (χ0v) is 13.0. The molecule has 1 amide bonds. The first kappa shape index (κ1) is 16.8. The van der Waals surface area contributed by atoms with E-state index >= 15 is 0 Å². The Bertz CT molecular complexity index is 503.